The Bertz CT molecular complexity index is 344. The van der Waals surface area contributed by atoms with Crippen molar-refractivity contribution in [3.8, 4) is 0 Å². The summed E-state index contributed by atoms with van der Waals surface area (Å²) in [5, 5.41) is 0. The lowest BCUT2D eigenvalue weighted by Crippen LogP contribution is -2.46. The second kappa shape index (κ2) is 10.3. The van der Waals surface area contributed by atoms with E-state index in [1.165, 1.54) is 32.8 Å². The highest BCUT2D eigenvalue weighted by atomic mass is 17.2. The van der Waals surface area contributed by atoms with Crippen LogP contribution in [0.3, 0.4) is 0 Å². The van der Waals surface area contributed by atoms with E-state index in [4.69, 9.17) is 14.5 Å². The zero-order valence-corrected chi connectivity index (χ0v) is 15.7. The average Bonchev–Trinajstić information content (AvgIpc) is 2.59. The molecule has 0 bridgehead atoms. The summed E-state index contributed by atoms with van der Waals surface area (Å²) in [4.78, 5) is 23.2. The SMILES string of the molecule is CCCC[C@H](CC)C[C@@]1(CC)C[C@H](CC)[C@H](CC(=O)OC)OO1. The lowest BCUT2D eigenvalue weighted by Gasteiger charge is -2.44. The van der Waals surface area contributed by atoms with E-state index in [0.29, 0.717) is 11.8 Å². The molecule has 4 nitrogen and oxygen atoms in total. The molecule has 0 unspecified atom stereocenters. The highest BCUT2D eigenvalue weighted by Gasteiger charge is 2.43. The first kappa shape index (κ1) is 20.4. The normalized spacial score (nSPS) is 29.3. The first-order valence-corrected chi connectivity index (χ1v) is 9.45. The highest BCUT2D eigenvalue weighted by Crippen LogP contribution is 2.41. The van der Waals surface area contributed by atoms with Crippen molar-refractivity contribution in [2.24, 2.45) is 11.8 Å². The average molecular weight is 328 g/mol. The van der Waals surface area contributed by atoms with Crippen LogP contribution in [0.1, 0.15) is 85.5 Å². The molecule has 0 amide bonds. The van der Waals surface area contributed by atoms with Crippen molar-refractivity contribution >= 4 is 5.97 Å². The molecule has 4 heteroatoms. The van der Waals surface area contributed by atoms with E-state index in [1.807, 2.05) is 0 Å². The molecule has 4 atom stereocenters. The molecule has 0 radical (unpaired) electrons. The molecule has 1 aliphatic heterocycles. The number of hydrogen-bond acceptors (Lipinski definition) is 4. The molecule has 1 saturated heterocycles. The van der Waals surface area contributed by atoms with E-state index < -0.39 is 0 Å². The van der Waals surface area contributed by atoms with E-state index in [1.54, 1.807) is 0 Å². The van der Waals surface area contributed by atoms with Crippen LogP contribution in [0.2, 0.25) is 0 Å². The molecule has 136 valence electrons. The summed E-state index contributed by atoms with van der Waals surface area (Å²) in [6, 6.07) is 0. The Morgan fingerprint density at radius 1 is 1.30 bits per heavy atom. The number of rotatable bonds is 10. The van der Waals surface area contributed by atoms with Gasteiger partial charge in [0, 0.05) is 0 Å². The van der Waals surface area contributed by atoms with Gasteiger partial charge < -0.3 is 4.74 Å². The Kier molecular flexibility index (Phi) is 9.15. The van der Waals surface area contributed by atoms with E-state index >= 15 is 0 Å². The minimum absolute atomic E-state index is 0.178. The van der Waals surface area contributed by atoms with Gasteiger partial charge in [0.05, 0.1) is 13.5 Å². The van der Waals surface area contributed by atoms with Crippen molar-refractivity contribution in [1.29, 1.82) is 0 Å². The van der Waals surface area contributed by atoms with E-state index in [-0.39, 0.29) is 24.1 Å². The number of esters is 1. The predicted molar refractivity (Wildman–Crippen MR) is 91.9 cm³/mol. The third-order valence-corrected chi connectivity index (χ3v) is 5.48. The van der Waals surface area contributed by atoms with Crippen LogP contribution in [-0.4, -0.2) is 24.8 Å². The lowest BCUT2D eigenvalue weighted by molar-refractivity contribution is -0.424. The van der Waals surface area contributed by atoms with Crippen LogP contribution in [0, 0.1) is 11.8 Å². The molecule has 0 aromatic carbocycles. The maximum atomic E-state index is 11.6. The first-order chi connectivity index (χ1) is 11.0. The van der Waals surface area contributed by atoms with Crippen molar-refractivity contribution in [3.63, 3.8) is 0 Å². The predicted octanol–water partition coefficient (Wildman–Crippen LogP) is 5.05. The third-order valence-electron chi connectivity index (χ3n) is 5.48. The smallest absolute Gasteiger partial charge is 0.308 e. The van der Waals surface area contributed by atoms with Crippen LogP contribution < -0.4 is 0 Å². The minimum Gasteiger partial charge on any atom is -0.469 e. The monoisotopic (exact) mass is 328 g/mol. The fraction of sp³-hybridized carbons (Fsp3) is 0.947. The lowest BCUT2D eigenvalue weighted by atomic mass is 9.76. The number of carbonyl (C=O) groups is 1. The van der Waals surface area contributed by atoms with Gasteiger partial charge in [0.1, 0.15) is 11.7 Å². The maximum absolute atomic E-state index is 11.6. The molecule has 1 rings (SSSR count). The summed E-state index contributed by atoms with van der Waals surface area (Å²) in [5.74, 6) is 0.815. The molecule has 1 fully saturated rings. The Balaban J connectivity index is 2.71. The molecule has 0 aromatic rings. The van der Waals surface area contributed by atoms with Gasteiger partial charge in [-0.1, -0.05) is 59.8 Å². The van der Waals surface area contributed by atoms with Crippen LogP contribution >= 0.6 is 0 Å². The fourth-order valence-corrected chi connectivity index (χ4v) is 3.68. The topological polar surface area (TPSA) is 44.8 Å². The largest absolute Gasteiger partial charge is 0.469 e. The second-order valence-electron chi connectivity index (χ2n) is 7.03. The van der Waals surface area contributed by atoms with Gasteiger partial charge in [0.2, 0.25) is 0 Å². The van der Waals surface area contributed by atoms with Crippen molar-refractivity contribution in [1.82, 2.24) is 0 Å². The third kappa shape index (κ3) is 6.07. The summed E-state index contributed by atoms with van der Waals surface area (Å²) in [6.07, 6.45) is 9.06. The van der Waals surface area contributed by atoms with Gasteiger partial charge in [-0.15, -0.1) is 0 Å². The van der Waals surface area contributed by atoms with E-state index in [9.17, 15) is 4.79 Å². The molecule has 23 heavy (non-hydrogen) atoms. The summed E-state index contributed by atoms with van der Waals surface area (Å²) in [6.45, 7) is 8.86. The van der Waals surface area contributed by atoms with Gasteiger partial charge in [-0.05, 0) is 31.1 Å². The number of methoxy groups -OCH3 is 1. The number of hydrogen-bond donors (Lipinski definition) is 0. The molecule has 0 aromatic heterocycles. The summed E-state index contributed by atoms with van der Waals surface area (Å²) < 4.78 is 4.78. The van der Waals surface area contributed by atoms with Crippen LogP contribution in [-0.2, 0) is 19.3 Å². The van der Waals surface area contributed by atoms with Gasteiger partial charge in [-0.3, -0.25) is 4.79 Å². The molecular formula is C19H36O4. The molecule has 0 N–H and O–H groups in total. The Labute approximate surface area is 142 Å². The number of ether oxygens (including phenoxy) is 1. The van der Waals surface area contributed by atoms with Crippen LogP contribution in [0.5, 0.6) is 0 Å². The molecule has 1 heterocycles. The minimum atomic E-state index is -0.226. The molecular weight excluding hydrogens is 292 g/mol. The van der Waals surface area contributed by atoms with Crippen molar-refractivity contribution < 1.29 is 19.3 Å². The second-order valence-corrected chi connectivity index (χ2v) is 7.03. The number of unbranched alkanes of at least 4 members (excludes halogenated alkanes) is 1. The van der Waals surface area contributed by atoms with Crippen LogP contribution in [0.15, 0.2) is 0 Å². The summed E-state index contributed by atoms with van der Waals surface area (Å²) >= 11 is 0. The summed E-state index contributed by atoms with van der Waals surface area (Å²) in [7, 11) is 1.42. The maximum Gasteiger partial charge on any atom is 0.308 e. The van der Waals surface area contributed by atoms with Gasteiger partial charge in [-0.25, -0.2) is 9.78 Å². The van der Waals surface area contributed by atoms with Crippen LogP contribution in [0.25, 0.3) is 0 Å². The van der Waals surface area contributed by atoms with Gasteiger partial charge in [0.15, 0.2) is 0 Å². The Hall–Kier alpha value is -0.610. The van der Waals surface area contributed by atoms with E-state index in [0.717, 1.165) is 25.7 Å². The van der Waals surface area contributed by atoms with Crippen LogP contribution in [0.4, 0.5) is 0 Å². The van der Waals surface area contributed by atoms with Crippen molar-refractivity contribution in [3.05, 3.63) is 0 Å². The molecule has 0 saturated carbocycles. The van der Waals surface area contributed by atoms with Gasteiger partial charge in [0.25, 0.3) is 0 Å². The van der Waals surface area contributed by atoms with E-state index in [2.05, 4.69) is 27.7 Å². The zero-order valence-electron chi connectivity index (χ0n) is 15.7. The van der Waals surface area contributed by atoms with Crippen molar-refractivity contribution in [2.75, 3.05) is 7.11 Å². The van der Waals surface area contributed by atoms with Gasteiger partial charge in [-0.2, -0.15) is 0 Å². The standard InChI is InChI=1S/C19H36O4/c1-6-10-11-15(7-2)13-19(9-4)14-16(8-3)17(22-23-19)12-18(20)21-5/h15-17H,6-14H2,1-5H3/t15-,16-,17-,19-/m0/s1. The quantitative estimate of drug-likeness (QED) is 0.416. The molecule has 1 aliphatic rings. The van der Waals surface area contributed by atoms with Crippen molar-refractivity contribution in [2.45, 2.75) is 97.2 Å². The van der Waals surface area contributed by atoms with Gasteiger partial charge >= 0.3 is 5.97 Å². The molecule has 0 spiro atoms. The Morgan fingerprint density at radius 2 is 2.04 bits per heavy atom. The Morgan fingerprint density at radius 3 is 2.57 bits per heavy atom. The fourth-order valence-electron chi connectivity index (χ4n) is 3.68. The highest BCUT2D eigenvalue weighted by molar-refractivity contribution is 5.69. The zero-order chi connectivity index (χ0) is 17.3. The first-order valence-electron chi connectivity index (χ1n) is 9.45. The number of carbonyl (C=O) groups excluding carboxylic acids is 1. The molecule has 0 aliphatic carbocycles. The summed E-state index contributed by atoms with van der Waals surface area (Å²) in [5.41, 5.74) is -0.193.